The highest BCUT2D eigenvalue weighted by atomic mass is 32.2. The lowest BCUT2D eigenvalue weighted by Crippen LogP contribution is -2.51. The predicted molar refractivity (Wildman–Crippen MR) is 145 cm³/mol. The molecular formula is C29H32N4OS. The van der Waals surface area contributed by atoms with E-state index in [1.807, 2.05) is 41.3 Å². The third-order valence-corrected chi connectivity index (χ3v) is 8.35. The van der Waals surface area contributed by atoms with Crippen molar-refractivity contribution in [1.82, 2.24) is 5.32 Å². The maximum Gasteiger partial charge on any atom is 0.249 e. The van der Waals surface area contributed by atoms with Crippen molar-refractivity contribution in [2.45, 2.75) is 61.3 Å². The summed E-state index contributed by atoms with van der Waals surface area (Å²) in [5, 5.41) is 11.2. The smallest absolute Gasteiger partial charge is 0.249 e. The molecule has 5 nitrogen and oxygen atoms in total. The average Bonchev–Trinajstić information content (AvgIpc) is 2.84. The number of nitrogens with two attached hydrogens (primary N) is 1. The van der Waals surface area contributed by atoms with E-state index in [0.717, 1.165) is 28.3 Å². The van der Waals surface area contributed by atoms with E-state index in [2.05, 4.69) is 49.5 Å². The largest absolute Gasteiger partial charge is 0.384 e. The minimum atomic E-state index is -0.407. The Morgan fingerprint density at radius 3 is 2.66 bits per heavy atom. The average molecular weight is 485 g/mol. The summed E-state index contributed by atoms with van der Waals surface area (Å²) in [6.07, 6.45) is 4.64. The molecule has 2 heterocycles. The Labute approximate surface area is 211 Å². The lowest BCUT2D eigenvalue weighted by molar-refractivity contribution is -0.117. The quantitative estimate of drug-likeness (QED) is 0.309. The molecule has 1 saturated heterocycles. The lowest BCUT2D eigenvalue weighted by atomic mass is 9.83. The first-order valence-corrected chi connectivity index (χ1v) is 13.1. The fourth-order valence-electron chi connectivity index (χ4n) is 5.39. The van der Waals surface area contributed by atoms with Gasteiger partial charge < -0.3 is 11.1 Å². The minimum absolute atomic E-state index is 0.00324. The number of benzene rings is 3. The number of nitrogens with zero attached hydrogens (tertiary/aromatic N) is 1. The molecule has 0 saturated carbocycles. The summed E-state index contributed by atoms with van der Waals surface area (Å²) in [6, 6.07) is 24.5. The molecule has 3 atom stereocenters. The van der Waals surface area contributed by atoms with E-state index in [-0.39, 0.29) is 17.3 Å². The number of para-hydroxylation sites is 1. The van der Waals surface area contributed by atoms with Gasteiger partial charge in [0.2, 0.25) is 5.91 Å². The third-order valence-electron chi connectivity index (χ3n) is 7.05. The van der Waals surface area contributed by atoms with E-state index in [4.69, 9.17) is 11.1 Å². The van der Waals surface area contributed by atoms with Gasteiger partial charge in [0.05, 0.1) is 5.69 Å². The highest BCUT2D eigenvalue weighted by Crippen LogP contribution is 2.49. The fraction of sp³-hybridized carbons (Fsp3) is 0.310. The van der Waals surface area contributed by atoms with Gasteiger partial charge in [-0.05, 0) is 74.6 Å². The number of rotatable bonds is 5. The van der Waals surface area contributed by atoms with Crippen molar-refractivity contribution < 1.29 is 4.79 Å². The number of anilines is 2. The van der Waals surface area contributed by atoms with Gasteiger partial charge in [-0.2, -0.15) is 0 Å². The molecule has 1 unspecified atom stereocenters. The summed E-state index contributed by atoms with van der Waals surface area (Å²) in [5.74, 6) is 0.0142. The van der Waals surface area contributed by atoms with Crippen LogP contribution in [0.25, 0.3) is 0 Å². The molecule has 180 valence electrons. The van der Waals surface area contributed by atoms with Gasteiger partial charge in [0.1, 0.15) is 11.1 Å². The van der Waals surface area contributed by atoms with E-state index < -0.39 is 5.25 Å². The Bertz CT molecular complexity index is 1260. The van der Waals surface area contributed by atoms with Crippen LogP contribution in [0, 0.1) is 5.41 Å². The second-order valence-electron chi connectivity index (χ2n) is 10.0. The van der Waals surface area contributed by atoms with Crippen molar-refractivity contribution in [3.8, 4) is 0 Å². The Morgan fingerprint density at radius 2 is 1.91 bits per heavy atom. The maximum absolute atomic E-state index is 13.9. The van der Waals surface area contributed by atoms with E-state index in [1.54, 1.807) is 17.8 Å². The van der Waals surface area contributed by atoms with Crippen LogP contribution in [0.2, 0.25) is 0 Å². The van der Waals surface area contributed by atoms with Crippen LogP contribution in [0.5, 0.6) is 0 Å². The molecule has 0 spiro atoms. The zero-order chi connectivity index (χ0) is 24.6. The van der Waals surface area contributed by atoms with Gasteiger partial charge in [-0.25, -0.2) is 0 Å². The first-order valence-electron chi connectivity index (χ1n) is 12.2. The number of thioether (sulfide) groups is 1. The van der Waals surface area contributed by atoms with Crippen molar-refractivity contribution in [1.29, 1.82) is 5.41 Å². The summed E-state index contributed by atoms with van der Waals surface area (Å²) >= 11 is 1.55. The molecule has 0 radical (unpaired) electrons. The number of carbonyl (C=O) groups is 1. The van der Waals surface area contributed by atoms with Crippen LogP contribution >= 0.6 is 11.8 Å². The number of nitrogen functional groups attached to an aromatic ring is 1. The number of amidine groups is 1. The summed E-state index contributed by atoms with van der Waals surface area (Å²) in [6.45, 7) is 4.58. The van der Waals surface area contributed by atoms with Gasteiger partial charge in [0, 0.05) is 27.7 Å². The molecule has 1 amide bonds. The van der Waals surface area contributed by atoms with E-state index >= 15 is 0 Å². The molecule has 1 fully saturated rings. The number of carbonyl (C=O) groups excluding carboxylic acids is 1. The first kappa shape index (κ1) is 23.6. The van der Waals surface area contributed by atoms with Crippen LogP contribution in [0.15, 0.2) is 77.7 Å². The van der Waals surface area contributed by atoms with Crippen LogP contribution in [0.3, 0.4) is 0 Å². The molecule has 2 aliphatic heterocycles. The Morgan fingerprint density at radius 1 is 1.14 bits per heavy atom. The minimum Gasteiger partial charge on any atom is -0.384 e. The van der Waals surface area contributed by atoms with Crippen LogP contribution in [0.4, 0.5) is 11.4 Å². The van der Waals surface area contributed by atoms with Crippen molar-refractivity contribution in [3.05, 3.63) is 89.5 Å². The second kappa shape index (κ2) is 9.51. The SMILES string of the molecule is C[C@H]1CCC[C@](C)(Cc2ccc(N3C(=O)C(c4cccc(C(=N)N)c4)Sc4ccccc43)cc2)N1. The van der Waals surface area contributed by atoms with Crippen molar-refractivity contribution in [3.63, 3.8) is 0 Å². The van der Waals surface area contributed by atoms with Gasteiger partial charge in [0.25, 0.3) is 0 Å². The van der Waals surface area contributed by atoms with Crippen LogP contribution in [-0.4, -0.2) is 23.3 Å². The molecule has 6 heteroatoms. The normalized spacial score (nSPS) is 24.2. The molecule has 0 bridgehead atoms. The standard InChI is InChI=1S/C29H32N4OS/c1-19-7-6-16-29(2,32-19)18-20-12-14-23(15-13-20)33-24-10-3-4-11-25(24)35-26(28(33)34)21-8-5-9-22(17-21)27(30)31/h3-5,8-15,17,19,26,32H,6-7,16,18H2,1-2H3,(H3,30,31)/t19-,26?,29+/m0/s1. The van der Waals surface area contributed by atoms with Gasteiger partial charge in [-0.3, -0.25) is 15.1 Å². The maximum atomic E-state index is 13.9. The summed E-state index contributed by atoms with van der Waals surface area (Å²) in [4.78, 5) is 16.8. The molecule has 35 heavy (non-hydrogen) atoms. The Balaban J connectivity index is 1.46. The molecule has 3 aromatic rings. The first-order chi connectivity index (χ1) is 16.8. The number of fused-ring (bicyclic) bond motifs is 1. The number of nitrogens with one attached hydrogen (secondary N) is 2. The fourth-order valence-corrected chi connectivity index (χ4v) is 6.57. The Hall–Kier alpha value is -3.09. The van der Waals surface area contributed by atoms with Gasteiger partial charge in [-0.1, -0.05) is 48.9 Å². The molecule has 0 aromatic heterocycles. The molecule has 0 aliphatic carbocycles. The van der Waals surface area contributed by atoms with Crippen molar-refractivity contribution in [2.24, 2.45) is 5.73 Å². The Kier molecular flexibility index (Phi) is 6.43. The van der Waals surface area contributed by atoms with E-state index in [1.165, 1.54) is 24.8 Å². The third kappa shape index (κ3) is 4.86. The topological polar surface area (TPSA) is 82.2 Å². The number of amides is 1. The van der Waals surface area contributed by atoms with Gasteiger partial charge in [-0.15, -0.1) is 11.8 Å². The number of hydrogen-bond acceptors (Lipinski definition) is 4. The monoisotopic (exact) mass is 484 g/mol. The predicted octanol–water partition coefficient (Wildman–Crippen LogP) is 5.95. The highest BCUT2D eigenvalue weighted by Gasteiger charge is 2.36. The van der Waals surface area contributed by atoms with Crippen LogP contribution in [-0.2, 0) is 11.2 Å². The molecular weight excluding hydrogens is 452 g/mol. The zero-order valence-electron chi connectivity index (χ0n) is 20.3. The zero-order valence-corrected chi connectivity index (χ0v) is 21.1. The molecule has 2 aliphatic rings. The second-order valence-corrected chi connectivity index (χ2v) is 11.2. The summed E-state index contributed by atoms with van der Waals surface area (Å²) in [7, 11) is 0. The number of hydrogen-bond donors (Lipinski definition) is 3. The van der Waals surface area contributed by atoms with Crippen LogP contribution in [0.1, 0.15) is 55.1 Å². The van der Waals surface area contributed by atoms with Crippen LogP contribution < -0.4 is 16.0 Å². The number of piperidine rings is 1. The van der Waals surface area contributed by atoms with E-state index in [0.29, 0.717) is 11.6 Å². The van der Waals surface area contributed by atoms with Gasteiger partial charge in [0.15, 0.2) is 0 Å². The van der Waals surface area contributed by atoms with Crippen molar-refractivity contribution >= 4 is 34.9 Å². The molecule has 4 N–H and O–H groups in total. The molecule has 3 aromatic carbocycles. The summed E-state index contributed by atoms with van der Waals surface area (Å²) in [5.41, 5.74) is 10.4. The molecule has 5 rings (SSSR count). The lowest BCUT2D eigenvalue weighted by Gasteiger charge is -2.39. The van der Waals surface area contributed by atoms with Crippen molar-refractivity contribution in [2.75, 3.05) is 4.90 Å². The highest BCUT2D eigenvalue weighted by molar-refractivity contribution is 8.00. The van der Waals surface area contributed by atoms with Gasteiger partial charge >= 0.3 is 0 Å². The van der Waals surface area contributed by atoms with E-state index in [9.17, 15) is 4.79 Å². The summed E-state index contributed by atoms with van der Waals surface area (Å²) < 4.78 is 0.